The van der Waals surface area contributed by atoms with E-state index in [0.717, 1.165) is 37.8 Å². The molecule has 2 N–H and O–H groups in total. The summed E-state index contributed by atoms with van der Waals surface area (Å²) in [4.78, 5) is 11.1. The Morgan fingerprint density at radius 2 is 1.87 bits per heavy atom. The van der Waals surface area contributed by atoms with Crippen molar-refractivity contribution in [1.29, 1.82) is 0 Å². The molecule has 0 rings (SSSR count). The number of halogens is 1. The molecular formula is C16H33FN2O3S. The summed E-state index contributed by atoms with van der Waals surface area (Å²) >= 11 is 1.03. The van der Waals surface area contributed by atoms with Gasteiger partial charge < -0.3 is 20.1 Å². The molecular weight excluding hydrogens is 319 g/mol. The summed E-state index contributed by atoms with van der Waals surface area (Å²) in [5.41, 5.74) is -0.924. The Bertz CT molecular complexity index is 318. The molecule has 0 fully saturated rings. The fourth-order valence-corrected chi connectivity index (χ4v) is 1.97. The Morgan fingerprint density at radius 3 is 2.48 bits per heavy atom. The predicted octanol–water partition coefficient (Wildman–Crippen LogP) is 2.99. The lowest BCUT2D eigenvalue weighted by atomic mass is 10.0. The Balaban J connectivity index is 3.63. The van der Waals surface area contributed by atoms with Crippen LogP contribution < -0.4 is 10.6 Å². The van der Waals surface area contributed by atoms with E-state index in [1.165, 1.54) is 0 Å². The highest BCUT2D eigenvalue weighted by atomic mass is 32.2. The minimum atomic E-state index is -1.25. The molecule has 0 radical (unpaired) electrons. The normalized spacial score (nSPS) is 13.3. The van der Waals surface area contributed by atoms with Crippen LogP contribution in [0.15, 0.2) is 0 Å². The van der Waals surface area contributed by atoms with Gasteiger partial charge in [-0.15, -0.1) is 0 Å². The molecule has 0 saturated carbocycles. The van der Waals surface area contributed by atoms with E-state index in [9.17, 15) is 9.18 Å². The number of hydrogen-bond donors (Lipinski definition) is 2. The number of carbonyl (C=O) groups is 1. The van der Waals surface area contributed by atoms with Gasteiger partial charge in [-0.3, -0.25) is 4.79 Å². The molecule has 1 unspecified atom stereocenters. The molecule has 7 heteroatoms. The maximum Gasteiger partial charge on any atom is 0.278 e. The van der Waals surface area contributed by atoms with Crippen molar-refractivity contribution >= 4 is 17.0 Å². The van der Waals surface area contributed by atoms with E-state index in [0.29, 0.717) is 19.3 Å². The number of nitrogens with one attached hydrogen (secondary N) is 2. The highest BCUT2D eigenvalue weighted by Crippen LogP contribution is 2.18. The molecule has 0 aliphatic rings. The second kappa shape index (κ2) is 13.0. The van der Waals surface area contributed by atoms with Crippen LogP contribution in [0.5, 0.6) is 0 Å². The van der Waals surface area contributed by atoms with Crippen LogP contribution in [-0.2, 0) is 9.47 Å². The van der Waals surface area contributed by atoms with Gasteiger partial charge in [0.25, 0.3) is 5.24 Å². The molecule has 0 aliphatic carbocycles. The van der Waals surface area contributed by atoms with Crippen molar-refractivity contribution in [2.45, 2.75) is 58.4 Å². The molecule has 0 bridgehead atoms. The van der Waals surface area contributed by atoms with Crippen LogP contribution in [0.25, 0.3) is 0 Å². The molecule has 138 valence electrons. The quantitative estimate of drug-likeness (QED) is 0.499. The maximum absolute atomic E-state index is 14.1. The molecule has 0 aromatic heterocycles. The molecule has 1 atom stereocenters. The fraction of sp³-hybridized carbons (Fsp3) is 0.938. The van der Waals surface area contributed by atoms with Crippen molar-refractivity contribution in [2.24, 2.45) is 0 Å². The van der Waals surface area contributed by atoms with Gasteiger partial charge in [-0.25, -0.2) is 4.39 Å². The highest BCUT2D eigenvalue weighted by Gasteiger charge is 2.30. The molecule has 0 aromatic rings. The maximum atomic E-state index is 14.1. The van der Waals surface area contributed by atoms with E-state index in [4.69, 9.17) is 9.47 Å². The van der Waals surface area contributed by atoms with Crippen LogP contribution >= 0.6 is 11.8 Å². The number of amides is 1. The first-order chi connectivity index (χ1) is 10.8. The summed E-state index contributed by atoms with van der Waals surface area (Å²) < 4.78 is 25.2. The number of carbonyl (C=O) groups excluding carboxylic acids is 1. The van der Waals surface area contributed by atoms with Crippen molar-refractivity contribution in [3.63, 3.8) is 0 Å². The highest BCUT2D eigenvalue weighted by molar-refractivity contribution is 8.12. The van der Waals surface area contributed by atoms with Gasteiger partial charge >= 0.3 is 0 Å². The van der Waals surface area contributed by atoms with Crippen molar-refractivity contribution < 1.29 is 18.7 Å². The lowest BCUT2D eigenvalue weighted by Crippen LogP contribution is -2.43. The van der Waals surface area contributed by atoms with E-state index in [2.05, 4.69) is 24.5 Å². The van der Waals surface area contributed by atoms with E-state index in [-0.39, 0.29) is 11.8 Å². The standard InChI is InChI=1S/C16H33FN2O3S/c1-13(2)18-8-6-9-21-10-7-11-22-16(3,4)14(17)12-19-15(20)23-5/h13-14,18H,6-12H2,1-5H3,(H,19,20). The number of hydrogen-bond acceptors (Lipinski definition) is 5. The average Bonchev–Trinajstić information content (AvgIpc) is 2.50. The summed E-state index contributed by atoms with van der Waals surface area (Å²) in [5, 5.41) is 5.61. The SMILES string of the molecule is CSC(=O)NCC(F)C(C)(C)OCCCOCCCNC(C)C. The van der Waals surface area contributed by atoms with Gasteiger partial charge in [0.05, 0.1) is 12.1 Å². The van der Waals surface area contributed by atoms with Crippen molar-refractivity contribution in [3.05, 3.63) is 0 Å². The van der Waals surface area contributed by atoms with Crippen LogP contribution in [0, 0.1) is 0 Å². The van der Waals surface area contributed by atoms with Crippen LogP contribution in [0.2, 0.25) is 0 Å². The van der Waals surface area contributed by atoms with Crippen LogP contribution in [0.4, 0.5) is 9.18 Å². The zero-order valence-electron chi connectivity index (χ0n) is 15.1. The number of rotatable bonds is 13. The first kappa shape index (κ1) is 22.6. The van der Waals surface area contributed by atoms with Gasteiger partial charge in [0.2, 0.25) is 0 Å². The summed E-state index contributed by atoms with van der Waals surface area (Å²) in [7, 11) is 0. The second-order valence-electron chi connectivity index (χ2n) is 6.22. The van der Waals surface area contributed by atoms with Gasteiger partial charge in [0.1, 0.15) is 6.17 Å². The smallest absolute Gasteiger partial charge is 0.278 e. The predicted molar refractivity (Wildman–Crippen MR) is 95.0 cm³/mol. The number of alkyl halides is 1. The van der Waals surface area contributed by atoms with E-state index >= 15 is 0 Å². The third-order valence-corrected chi connectivity index (χ3v) is 3.81. The Morgan fingerprint density at radius 1 is 1.22 bits per heavy atom. The lowest BCUT2D eigenvalue weighted by molar-refractivity contribution is -0.0742. The first-order valence-electron chi connectivity index (χ1n) is 8.20. The van der Waals surface area contributed by atoms with Crippen molar-refractivity contribution in [2.75, 3.05) is 39.2 Å². The Kier molecular flexibility index (Phi) is 12.8. The number of thioether (sulfide) groups is 1. The Labute approximate surface area is 144 Å². The van der Waals surface area contributed by atoms with Gasteiger partial charge in [-0.2, -0.15) is 0 Å². The summed E-state index contributed by atoms with van der Waals surface area (Å²) in [6.45, 7) is 10.3. The molecule has 23 heavy (non-hydrogen) atoms. The van der Waals surface area contributed by atoms with Crippen molar-refractivity contribution in [3.8, 4) is 0 Å². The fourth-order valence-electron chi connectivity index (χ4n) is 1.74. The van der Waals surface area contributed by atoms with Crippen molar-refractivity contribution in [1.82, 2.24) is 10.6 Å². The largest absolute Gasteiger partial charge is 0.381 e. The molecule has 1 amide bonds. The summed E-state index contributed by atoms with van der Waals surface area (Å²) in [6, 6.07) is 0.500. The topological polar surface area (TPSA) is 59.6 Å². The van der Waals surface area contributed by atoms with E-state index < -0.39 is 11.8 Å². The third-order valence-electron chi connectivity index (χ3n) is 3.29. The average molecular weight is 353 g/mol. The Hall–Kier alpha value is -0.370. The molecule has 0 aromatic carbocycles. The monoisotopic (exact) mass is 352 g/mol. The first-order valence-corrected chi connectivity index (χ1v) is 9.43. The van der Waals surface area contributed by atoms with E-state index in [1.54, 1.807) is 20.1 Å². The van der Waals surface area contributed by atoms with Crippen LogP contribution in [-0.4, -0.2) is 62.2 Å². The second-order valence-corrected chi connectivity index (χ2v) is 7.00. The molecule has 0 saturated heterocycles. The minimum absolute atomic E-state index is 0.0357. The summed E-state index contributed by atoms with van der Waals surface area (Å²) in [5.74, 6) is 0. The van der Waals surface area contributed by atoms with Crippen LogP contribution in [0.1, 0.15) is 40.5 Å². The minimum Gasteiger partial charge on any atom is -0.381 e. The van der Waals surface area contributed by atoms with E-state index in [1.807, 2.05) is 0 Å². The molecule has 5 nitrogen and oxygen atoms in total. The zero-order chi connectivity index (χ0) is 17.7. The number of ether oxygens (including phenoxy) is 2. The zero-order valence-corrected chi connectivity index (χ0v) is 15.9. The summed E-state index contributed by atoms with van der Waals surface area (Å²) in [6.07, 6.45) is 2.11. The van der Waals surface area contributed by atoms with Gasteiger partial charge in [-0.1, -0.05) is 25.6 Å². The molecule has 0 spiro atoms. The molecule has 0 aliphatic heterocycles. The third kappa shape index (κ3) is 12.7. The lowest BCUT2D eigenvalue weighted by Gasteiger charge is -2.29. The van der Waals surface area contributed by atoms with Gasteiger partial charge in [0.15, 0.2) is 0 Å². The van der Waals surface area contributed by atoms with Crippen LogP contribution in [0.3, 0.4) is 0 Å². The van der Waals surface area contributed by atoms with Gasteiger partial charge in [-0.05, 0) is 39.5 Å². The van der Waals surface area contributed by atoms with Gasteiger partial charge in [0, 0.05) is 25.9 Å². The molecule has 0 heterocycles.